The Labute approximate surface area is 144 Å². The third kappa shape index (κ3) is 4.19. The minimum atomic E-state index is -0.0639. The van der Waals surface area contributed by atoms with Gasteiger partial charge in [0.2, 0.25) is 11.8 Å². The standard InChI is InChI=1S/C18H27N3O3/c1-14(2)21(15(3)22)13-18(23)20-11-9-19(10-12-20)16-7-5-6-8-17(16)24-4/h5-8,14H,9-13H2,1-4H3. The summed E-state index contributed by atoms with van der Waals surface area (Å²) in [5, 5.41) is 0. The lowest BCUT2D eigenvalue weighted by molar-refractivity contribution is -0.141. The summed E-state index contributed by atoms with van der Waals surface area (Å²) in [5.74, 6) is 0.796. The fourth-order valence-electron chi connectivity index (χ4n) is 2.99. The maximum atomic E-state index is 12.5. The Balaban J connectivity index is 1.95. The first-order valence-electron chi connectivity index (χ1n) is 8.37. The maximum absolute atomic E-state index is 12.5. The summed E-state index contributed by atoms with van der Waals surface area (Å²) >= 11 is 0. The zero-order valence-electron chi connectivity index (χ0n) is 15.0. The minimum Gasteiger partial charge on any atom is -0.495 e. The van der Waals surface area contributed by atoms with Crippen molar-refractivity contribution in [3.8, 4) is 5.75 Å². The molecule has 1 aliphatic rings. The number of hydrogen-bond acceptors (Lipinski definition) is 4. The van der Waals surface area contributed by atoms with Gasteiger partial charge in [-0.15, -0.1) is 0 Å². The van der Waals surface area contributed by atoms with Gasteiger partial charge in [0.15, 0.2) is 0 Å². The number of anilines is 1. The van der Waals surface area contributed by atoms with Crippen molar-refractivity contribution in [1.29, 1.82) is 0 Å². The Morgan fingerprint density at radius 3 is 2.33 bits per heavy atom. The van der Waals surface area contributed by atoms with E-state index in [1.54, 1.807) is 12.0 Å². The molecular formula is C18H27N3O3. The van der Waals surface area contributed by atoms with Crippen LogP contribution in [0.5, 0.6) is 5.75 Å². The molecule has 0 saturated carbocycles. The number of benzene rings is 1. The molecule has 1 aromatic rings. The molecule has 1 heterocycles. The van der Waals surface area contributed by atoms with Crippen molar-refractivity contribution in [2.75, 3.05) is 44.7 Å². The topological polar surface area (TPSA) is 53.1 Å². The Morgan fingerprint density at radius 1 is 1.17 bits per heavy atom. The summed E-state index contributed by atoms with van der Waals surface area (Å²) < 4.78 is 5.41. The molecule has 0 N–H and O–H groups in total. The lowest BCUT2D eigenvalue weighted by Gasteiger charge is -2.37. The lowest BCUT2D eigenvalue weighted by atomic mass is 10.2. The van der Waals surface area contributed by atoms with Crippen LogP contribution in [-0.2, 0) is 9.59 Å². The third-order valence-corrected chi connectivity index (χ3v) is 4.39. The monoisotopic (exact) mass is 333 g/mol. The van der Waals surface area contributed by atoms with Crippen molar-refractivity contribution in [2.24, 2.45) is 0 Å². The predicted octanol–water partition coefficient (Wildman–Crippen LogP) is 1.60. The number of amides is 2. The lowest BCUT2D eigenvalue weighted by Crippen LogP contribution is -2.52. The second-order valence-electron chi connectivity index (χ2n) is 6.28. The van der Waals surface area contributed by atoms with Crippen LogP contribution >= 0.6 is 0 Å². The molecule has 1 aromatic carbocycles. The van der Waals surface area contributed by atoms with Gasteiger partial charge in [0, 0.05) is 39.1 Å². The van der Waals surface area contributed by atoms with Crippen LogP contribution in [0.3, 0.4) is 0 Å². The van der Waals surface area contributed by atoms with Gasteiger partial charge in [-0.3, -0.25) is 9.59 Å². The average Bonchev–Trinajstić information content (AvgIpc) is 2.59. The highest BCUT2D eigenvalue weighted by Crippen LogP contribution is 2.28. The van der Waals surface area contributed by atoms with Gasteiger partial charge in [0.1, 0.15) is 5.75 Å². The summed E-state index contributed by atoms with van der Waals surface area (Å²) in [6.45, 7) is 8.33. The van der Waals surface area contributed by atoms with Crippen LogP contribution in [0.25, 0.3) is 0 Å². The van der Waals surface area contributed by atoms with E-state index in [1.165, 1.54) is 6.92 Å². The highest BCUT2D eigenvalue weighted by atomic mass is 16.5. The van der Waals surface area contributed by atoms with Crippen molar-refractivity contribution in [2.45, 2.75) is 26.8 Å². The zero-order chi connectivity index (χ0) is 17.7. The van der Waals surface area contributed by atoms with Crippen LogP contribution < -0.4 is 9.64 Å². The van der Waals surface area contributed by atoms with E-state index in [0.717, 1.165) is 24.5 Å². The van der Waals surface area contributed by atoms with Crippen molar-refractivity contribution in [1.82, 2.24) is 9.80 Å². The molecule has 0 aromatic heterocycles. The van der Waals surface area contributed by atoms with Crippen molar-refractivity contribution >= 4 is 17.5 Å². The molecule has 0 radical (unpaired) electrons. The maximum Gasteiger partial charge on any atom is 0.242 e. The average molecular weight is 333 g/mol. The number of para-hydroxylation sites is 2. The fourth-order valence-corrected chi connectivity index (χ4v) is 2.99. The first kappa shape index (κ1) is 18.1. The number of carbonyl (C=O) groups excluding carboxylic acids is 2. The number of hydrogen-bond donors (Lipinski definition) is 0. The van der Waals surface area contributed by atoms with Crippen LogP contribution in [0.4, 0.5) is 5.69 Å². The molecule has 2 rings (SSSR count). The van der Waals surface area contributed by atoms with Gasteiger partial charge in [-0.05, 0) is 26.0 Å². The molecule has 0 atom stereocenters. The summed E-state index contributed by atoms with van der Waals surface area (Å²) in [4.78, 5) is 29.8. The molecule has 2 amide bonds. The second-order valence-corrected chi connectivity index (χ2v) is 6.28. The number of ether oxygens (including phenoxy) is 1. The van der Waals surface area contributed by atoms with E-state index in [0.29, 0.717) is 13.1 Å². The van der Waals surface area contributed by atoms with Gasteiger partial charge < -0.3 is 19.4 Å². The van der Waals surface area contributed by atoms with E-state index in [2.05, 4.69) is 4.90 Å². The molecule has 1 fully saturated rings. The highest BCUT2D eigenvalue weighted by molar-refractivity contribution is 5.84. The molecule has 132 valence electrons. The first-order chi connectivity index (χ1) is 11.4. The van der Waals surface area contributed by atoms with Crippen LogP contribution in [0.1, 0.15) is 20.8 Å². The third-order valence-electron chi connectivity index (χ3n) is 4.39. The molecule has 0 bridgehead atoms. The molecule has 1 saturated heterocycles. The van der Waals surface area contributed by atoms with E-state index >= 15 is 0 Å². The van der Waals surface area contributed by atoms with Crippen LogP contribution in [-0.4, -0.2) is 67.5 Å². The Morgan fingerprint density at radius 2 is 1.79 bits per heavy atom. The summed E-state index contributed by atoms with van der Waals surface area (Å²) in [6.07, 6.45) is 0. The largest absolute Gasteiger partial charge is 0.495 e. The van der Waals surface area contributed by atoms with Crippen LogP contribution in [0.15, 0.2) is 24.3 Å². The Kier molecular flexibility index (Phi) is 6.06. The summed E-state index contributed by atoms with van der Waals surface area (Å²) in [6, 6.07) is 7.95. The molecule has 0 aliphatic carbocycles. The first-order valence-corrected chi connectivity index (χ1v) is 8.37. The van der Waals surface area contributed by atoms with Gasteiger partial charge in [-0.2, -0.15) is 0 Å². The molecule has 6 nitrogen and oxygen atoms in total. The highest BCUT2D eigenvalue weighted by Gasteiger charge is 2.25. The fraction of sp³-hybridized carbons (Fsp3) is 0.556. The summed E-state index contributed by atoms with van der Waals surface area (Å²) in [7, 11) is 1.67. The van der Waals surface area contributed by atoms with E-state index in [9.17, 15) is 9.59 Å². The van der Waals surface area contributed by atoms with Gasteiger partial charge in [0.25, 0.3) is 0 Å². The second kappa shape index (κ2) is 8.04. The smallest absolute Gasteiger partial charge is 0.242 e. The van der Waals surface area contributed by atoms with Gasteiger partial charge in [0.05, 0.1) is 19.3 Å². The van der Waals surface area contributed by atoms with E-state index < -0.39 is 0 Å². The predicted molar refractivity (Wildman–Crippen MR) is 94.3 cm³/mol. The molecule has 1 aliphatic heterocycles. The van der Waals surface area contributed by atoms with Crippen LogP contribution in [0, 0.1) is 0 Å². The van der Waals surface area contributed by atoms with Gasteiger partial charge >= 0.3 is 0 Å². The number of rotatable bonds is 5. The number of nitrogens with zero attached hydrogens (tertiary/aromatic N) is 3. The van der Waals surface area contributed by atoms with Gasteiger partial charge in [-0.1, -0.05) is 12.1 Å². The van der Waals surface area contributed by atoms with Crippen molar-refractivity contribution < 1.29 is 14.3 Å². The normalized spacial score (nSPS) is 14.7. The molecule has 0 spiro atoms. The van der Waals surface area contributed by atoms with E-state index in [4.69, 9.17) is 4.74 Å². The molecule has 6 heteroatoms. The number of carbonyl (C=O) groups is 2. The molecule has 24 heavy (non-hydrogen) atoms. The Hall–Kier alpha value is -2.24. The van der Waals surface area contributed by atoms with Crippen molar-refractivity contribution in [3.63, 3.8) is 0 Å². The van der Waals surface area contributed by atoms with Crippen molar-refractivity contribution in [3.05, 3.63) is 24.3 Å². The van der Waals surface area contributed by atoms with Crippen LogP contribution in [0.2, 0.25) is 0 Å². The minimum absolute atomic E-state index is 0.0126. The quantitative estimate of drug-likeness (QED) is 0.821. The Bertz CT molecular complexity index is 581. The zero-order valence-corrected chi connectivity index (χ0v) is 15.0. The SMILES string of the molecule is COc1ccccc1N1CCN(C(=O)CN(C(C)=O)C(C)C)CC1. The van der Waals surface area contributed by atoms with E-state index in [-0.39, 0.29) is 24.4 Å². The molecule has 0 unspecified atom stereocenters. The van der Waals surface area contributed by atoms with E-state index in [1.807, 2.05) is 43.0 Å². The number of methoxy groups -OCH3 is 1. The number of piperazine rings is 1. The summed E-state index contributed by atoms with van der Waals surface area (Å²) in [5.41, 5.74) is 1.06. The van der Waals surface area contributed by atoms with Gasteiger partial charge in [-0.25, -0.2) is 0 Å². The molecular weight excluding hydrogens is 306 g/mol.